The van der Waals surface area contributed by atoms with E-state index in [9.17, 15) is 0 Å². The zero-order chi connectivity index (χ0) is 40.0. The van der Waals surface area contributed by atoms with E-state index < -0.39 is 0 Å². The van der Waals surface area contributed by atoms with Crippen LogP contribution in [-0.4, -0.2) is 19.9 Å². The van der Waals surface area contributed by atoms with Gasteiger partial charge in [0, 0.05) is 33.0 Å². The summed E-state index contributed by atoms with van der Waals surface area (Å²) in [5, 5.41) is 13.9. The topological polar surface area (TPSA) is 64.7 Å². The zero-order valence-electron chi connectivity index (χ0n) is 32.7. The maximum absolute atomic E-state index is 6.38. The number of fused-ring (bicyclic) bond motifs is 6. The van der Waals surface area contributed by atoms with E-state index in [1.807, 2.05) is 36.4 Å². The number of nitrogens with zero attached hydrogens (tertiary/aromatic N) is 4. The van der Waals surface area contributed by atoms with E-state index in [1.165, 1.54) is 37.9 Å². The molecule has 0 bridgehead atoms. The molecule has 0 N–H and O–H groups in total. The van der Waals surface area contributed by atoms with Gasteiger partial charge in [0.1, 0.15) is 5.58 Å². The van der Waals surface area contributed by atoms with Gasteiger partial charge >= 0.3 is 0 Å². The minimum absolute atomic E-state index is 0.602. The van der Waals surface area contributed by atoms with Crippen molar-refractivity contribution in [2.75, 3.05) is 0 Å². The van der Waals surface area contributed by atoms with Gasteiger partial charge in [-0.15, -0.1) is 0 Å². The summed E-state index contributed by atoms with van der Waals surface area (Å²) in [6.45, 7) is 0. The summed E-state index contributed by atoms with van der Waals surface area (Å²) in [6, 6.07) is 68.1. The molecular formula is C56H32N4O. The molecule has 282 valence electrons. The van der Waals surface area contributed by atoms with Gasteiger partial charge in [-0.25, -0.2) is 19.9 Å². The van der Waals surface area contributed by atoms with Crippen molar-refractivity contribution in [3.05, 3.63) is 194 Å². The molecule has 61 heavy (non-hydrogen) atoms. The monoisotopic (exact) mass is 776 g/mol. The van der Waals surface area contributed by atoms with Crippen molar-refractivity contribution < 1.29 is 4.42 Å². The van der Waals surface area contributed by atoms with Crippen molar-refractivity contribution in [2.24, 2.45) is 0 Å². The highest BCUT2D eigenvalue weighted by Gasteiger charge is 2.21. The van der Waals surface area contributed by atoms with Gasteiger partial charge in [0.05, 0.1) is 11.1 Å². The highest BCUT2D eigenvalue weighted by molar-refractivity contribution is 6.26. The molecule has 0 amide bonds. The van der Waals surface area contributed by atoms with Crippen molar-refractivity contribution >= 4 is 75.9 Å². The Kier molecular flexibility index (Phi) is 7.24. The summed E-state index contributed by atoms with van der Waals surface area (Å²) in [7, 11) is 0. The Balaban J connectivity index is 0.994. The van der Waals surface area contributed by atoms with E-state index in [2.05, 4.69) is 158 Å². The number of aromatic nitrogens is 4. The molecule has 3 heterocycles. The van der Waals surface area contributed by atoms with Crippen LogP contribution in [0.1, 0.15) is 0 Å². The van der Waals surface area contributed by atoms with Gasteiger partial charge < -0.3 is 4.42 Å². The molecule has 5 nitrogen and oxygen atoms in total. The third-order valence-corrected chi connectivity index (χ3v) is 12.3. The summed E-state index contributed by atoms with van der Waals surface area (Å²) in [6.07, 6.45) is 0. The molecule has 0 aliphatic heterocycles. The Bertz CT molecular complexity index is 3870. The predicted molar refractivity (Wildman–Crippen MR) is 251 cm³/mol. The summed E-state index contributed by atoms with van der Waals surface area (Å²) in [5.74, 6) is 1.83. The lowest BCUT2D eigenvalue weighted by Crippen LogP contribution is -2.01. The molecule has 0 aliphatic carbocycles. The Morgan fingerprint density at radius 3 is 1.67 bits per heavy atom. The van der Waals surface area contributed by atoms with Crippen LogP contribution < -0.4 is 0 Å². The van der Waals surface area contributed by atoms with Crippen LogP contribution >= 0.6 is 0 Å². The van der Waals surface area contributed by atoms with Crippen molar-refractivity contribution in [2.45, 2.75) is 0 Å². The van der Waals surface area contributed by atoms with E-state index in [0.717, 1.165) is 71.4 Å². The second kappa shape index (κ2) is 13.1. The van der Waals surface area contributed by atoms with E-state index in [4.69, 9.17) is 24.4 Å². The fraction of sp³-hybridized carbons (Fsp3) is 0. The molecule has 13 rings (SSSR count). The van der Waals surface area contributed by atoms with Crippen LogP contribution in [0.25, 0.3) is 132 Å². The number of furan rings is 1. The number of hydrogen-bond donors (Lipinski definition) is 0. The number of rotatable bonds is 5. The van der Waals surface area contributed by atoms with Crippen molar-refractivity contribution in [3.63, 3.8) is 0 Å². The largest absolute Gasteiger partial charge is 0.438 e. The van der Waals surface area contributed by atoms with Gasteiger partial charge in [-0.05, 0) is 77.8 Å². The van der Waals surface area contributed by atoms with Gasteiger partial charge in [-0.2, -0.15) is 0 Å². The first-order valence-corrected chi connectivity index (χ1v) is 20.5. The lowest BCUT2D eigenvalue weighted by atomic mass is 9.89. The standard InChI is InChI=1S/C56H32N4O/c1-2-12-36(13-3-1)53-58-54(38-17-11-16-37(32-38)39-28-26-35-25-24-33-14-10-15-34-27-29-43(39)50(35)49(33)34)60-55(59-53)46-31-30-45(40-18-4-5-19-41(40)46)52-44-21-7-6-20-42(44)51-47-22-8-9-23-48(47)61-56(51)57-52/h1-32H. The number of para-hydroxylation sites is 1. The maximum atomic E-state index is 6.38. The second-order valence-electron chi connectivity index (χ2n) is 15.7. The fourth-order valence-electron chi connectivity index (χ4n) is 9.50. The minimum atomic E-state index is 0.602. The van der Waals surface area contributed by atoms with E-state index in [1.54, 1.807) is 0 Å². The van der Waals surface area contributed by atoms with Crippen LogP contribution in [0.3, 0.4) is 0 Å². The van der Waals surface area contributed by atoms with Gasteiger partial charge in [-0.1, -0.05) is 176 Å². The molecule has 13 aromatic rings. The molecule has 0 atom stereocenters. The van der Waals surface area contributed by atoms with Crippen LogP contribution in [0.15, 0.2) is 199 Å². The number of hydrogen-bond acceptors (Lipinski definition) is 5. The summed E-state index contributed by atoms with van der Waals surface area (Å²) in [5.41, 5.74) is 8.37. The zero-order valence-corrected chi connectivity index (χ0v) is 32.7. The first kappa shape index (κ1) is 33.7. The molecule has 0 saturated carbocycles. The van der Waals surface area contributed by atoms with Crippen LogP contribution in [0.5, 0.6) is 0 Å². The van der Waals surface area contributed by atoms with Gasteiger partial charge in [-0.3, -0.25) is 0 Å². The summed E-state index contributed by atoms with van der Waals surface area (Å²) >= 11 is 0. The van der Waals surface area contributed by atoms with Gasteiger partial charge in [0.25, 0.3) is 0 Å². The van der Waals surface area contributed by atoms with Crippen molar-refractivity contribution in [3.8, 4) is 56.5 Å². The average molecular weight is 777 g/mol. The van der Waals surface area contributed by atoms with E-state index >= 15 is 0 Å². The predicted octanol–water partition coefficient (Wildman–Crippen LogP) is 14.7. The fourth-order valence-corrected chi connectivity index (χ4v) is 9.50. The van der Waals surface area contributed by atoms with E-state index in [-0.39, 0.29) is 0 Å². The smallest absolute Gasteiger partial charge is 0.228 e. The molecular weight excluding hydrogens is 745 g/mol. The van der Waals surface area contributed by atoms with Gasteiger partial charge in [0.2, 0.25) is 5.71 Å². The summed E-state index contributed by atoms with van der Waals surface area (Å²) in [4.78, 5) is 20.8. The van der Waals surface area contributed by atoms with Gasteiger partial charge in [0.15, 0.2) is 17.5 Å². The molecule has 3 aromatic heterocycles. The Hall–Kier alpha value is -8.28. The summed E-state index contributed by atoms with van der Waals surface area (Å²) < 4.78 is 6.38. The molecule has 5 heteroatoms. The van der Waals surface area contributed by atoms with Crippen LogP contribution in [0.4, 0.5) is 0 Å². The first-order chi connectivity index (χ1) is 30.2. The average Bonchev–Trinajstić information content (AvgIpc) is 3.72. The number of pyridine rings is 1. The maximum Gasteiger partial charge on any atom is 0.228 e. The second-order valence-corrected chi connectivity index (χ2v) is 15.7. The Labute approximate surface area is 349 Å². The molecule has 0 aliphatic rings. The van der Waals surface area contributed by atoms with Crippen molar-refractivity contribution in [1.82, 2.24) is 19.9 Å². The molecule has 0 spiro atoms. The third-order valence-electron chi connectivity index (χ3n) is 12.3. The number of benzene rings is 10. The normalized spacial score (nSPS) is 11.9. The molecule has 0 radical (unpaired) electrons. The lowest BCUT2D eigenvalue weighted by Gasteiger charge is -2.15. The highest BCUT2D eigenvalue weighted by atomic mass is 16.3. The minimum Gasteiger partial charge on any atom is -0.438 e. The van der Waals surface area contributed by atoms with Crippen LogP contribution in [-0.2, 0) is 0 Å². The van der Waals surface area contributed by atoms with Crippen LogP contribution in [0, 0.1) is 0 Å². The highest BCUT2D eigenvalue weighted by Crippen LogP contribution is 2.43. The Morgan fingerprint density at radius 1 is 0.295 bits per heavy atom. The first-order valence-electron chi connectivity index (χ1n) is 20.5. The van der Waals surface area contributed by atoms with Crippen LogP contribution in [0.2, 0.25) is 0 Å². The van der Waals surface area contributed by atoms with Crippen molar-refractivity contribution in [1.29, 1.82) is 0 Å². The molecule has 0 unspecified atom stereocenters. The molecule has 0 saturated heterocycles. The quantitative estimate of drug-likeness (QED) is 0.163. The SMILES string of the molecule is c1ccc(-c2nc(-c3cccc(-c4ccc5ccc6cccc7ccc4c5c67)c3)nc(-c3ccc(-c4nc5oc6ccccc6c5c5ccccc45)c4ccccc34)n2)cc1. The molecule has 10 aromatic carbocycles. The Morgan fingerprint density at radius 2 is 0.852 bits per heavy atom. The van der Waals surface area contributed by atoms with E-state index in [0.29, 0.717) is 23.2 Å². The lowest BCUT2D eigenvalue weighted by molar-refractivity contribution is 0.655. The third kappa shape index (κ3) is 5.21. The molecule has 0 fully saturated rings.